The fourth-order valence-corrected chi connectivity index (χ4v) is 3.88. The average Bonchev–Trinajstić information content (AvgIpc) is 2.59. The van der Waals surface area contributed by atoms with Crippen LogP contribution in [-0.2, 0) is 4.79 Å². The van der Waals surface area contributed by atoms with E-state index in [1.807, 2.05) is 37.3 Å². The van der Waals surface area contributed by atoms with E-state index in [-0.39, 0.29) is 5.91 Å². The summed E-state index contributed by atoms with van der Waals surface area (Å²) in [6.45, 7) is 4.26. The number of aromatic hydroxyl groups is 1. The SMILES string of the molecule is Cc1ccc(NC(=O)CN2CCC(c3ccc(O)cc3)CC2)c(Br)c1. The molecule has 5 heteroatoms. The van der Waals surface area contributed by atoms with Crippen molar-refractivity contribution in [2.75, 3.05) is 25.0 Å². The Labute approximate surface area is 157 Å². The van der Waals surface area contributed by atoms with Gasteiger partial charge in [-0.1, -0.05) is 18.2 Å². The Morgan fingerprint density at radius 3 is 2.52 bits per heavy atom. The molecule has 25 heavy (non-hydrogen) atoms. The van der Waals surface area contributed by atoms with Crippen LogP contribution in [0, 0.1) is 6.92 Å². The molecular weight excluding hydrogens is 380 g/mol. The molecule has 2 aromatic rings. The molecule has 1 fully saturated rings. The molecule has 0 spiro atoms. The number of hydrogen-bond donors (Lipinski definition) is 2. The first-order valence-electron chi connectivity index (χ1n) is 8.58. The molecule has 0 unspecified atom stereocenters. The predicted octanol–water partition coefficient (Wildman–Crippen LogP) is 4.28. The van der Waals surface area contributed by atoms with E-state index in [0.717, 1.165) is 41.7 Å². The molecular formula is C20H23BrN2O2. The molecule has 1 saturated heterocycles. The van der Waals surface area contributed by atoms with Crippen molar-refractivity contribution in [3.05, 3.63) is 58.1 Å². The number of aryl methyl sites for hydroxylation is 1. The lowest BCUT2D eigenvalue weighted by Crippen LogP contribution is -2.38. The van der Waals surface area contributed by atoms with Crippen molar-refractivity contribution in [1.82, 2.24) is 4.90 Å². The van der Waals surface area contributed by atoms with Crippen LogP contribution in [0.3, 0.4) is 0 Å². The van der Waals surface area contributed by atoms with Crippen LogP contribution in [0.1, 0.15) is 29.9 Å². The molecule has 0 aliphatic carbocycles. The van der Waals surface area contributed by atoms with Gasteiger partial charge in [0.25, 0.3) is 0 Å². The van der Waals surface area contributed by atoms with Gasteiger partial charge in [-0.15, -0.1) is 0 Å². The summed E-state index contributed by atoms with van der Waals surface area (Å²) < 4.78 is 0.909. The molecule has 0 saturated carbocycles. The van der Waals surface area contributed by atoms with E-state index < -0.39 is 0 Å². The van der Waals surface area contributed by atoms with E-state index in [9.17, 15) is 9.90 Å². The third-order valence-electron chi connectivity index (χ3n) is 4.72. The summed E-state index contributed by atoms with van der Waals surface area (Å²) >= 11 is 3.49. The number of rotatable bonds is 4. The van der Waals surface area contributed by atoms with Crippen molar-refractivity contribution in [3.63, 3.8) is 0 Å². The normalized spacial score (nSPS) is 15.9. The van der Waals surface area contributed by atoms with Gasteiger partial charge < -0.3 is 10.4 Å². The van der Waals surface area contributed by atoms with Gasteiger partial charge in [-0.3, -0.25) is 9.69 Å². The first kappa shape index (κ1) is 18.0. The van der Waals surface area contributed by atoms with Gasteiger partial charge >= 0.3 is 0 Å². The van der Waals surface area contributed by atoms with Gasteiger partial charge in [0.05, 0.1) is 12.2 Å². The average molecular weight is 403 g/mol. The number of likely N-dealkylation sites (tertiary alicyclic amines) is 1. The molecule has 0 atom stereocenters. The Morgan fingerprint density at radius 2 is 1.88 bits per heavy atom. The molecule has 1 aliphatic rings. The van der Waals surface area contributed by atoms with E-state index in [1.54, 1.807) is 12.1 Å². The summed E-state index contributed by atoms with van der Waals surface area (Å²) in [5, 5.41) is 12.4. The number of phenols is 1. The lowest BCUT2D eigenvalue weighted by Gasteiger charge is -2.31. The minimum atomic E-state index is 0.0210. The zero-order chi connectivity index (χ0) is 17.8. The van der Waals surface area contributed by atoms with Crippen LogP contribution in [0.15, 0.2) is 46.9 Å². The van der Waals surface area contributed by atoms with Gasteiger partial charge in [0.1, 0.15) is 5.75 Å². The monoisotopic (exact) mass is 402 g/mol. The van der Waals surface area contributed by atoms with Crippen molar-refractivity contribution in [3.8, 4) is 5.75 Å². The van der Waals surface area contributed by atoms with Gasteiger partial charge in [-0.25, -0.2) is 0 Å². The molecule has 1 amide bonds. The number of phenolic OH excluding ortho intramolecular Hbond substituents is 1. The molecule has 1 aliphatic heterocycles. The zero-order valence-corrected chi connectivity index (χ0v) is 15.9. The van der Waals surface area contributed by atoms with Crippen LogP contribution in [0.25, 0.3) is 0 Å². The van der Waals surface area contributed by atoms with Crippen molar-refractivity contribution < 1.29 is 9.90 Å². The van der Waals surface area contributed by atoms with Crippen molar-refractivity contribution in [1.29, 1.82) is 0 Å². The lowest BCUT2D eigenvalue weighted by molar-refractivity contribution is -0.117. The second-order valence-electron chi connectivity index (χ2n) is 6.67. The Morgan fingerprint density at radius 1 is 1.20 bits per heavy atom. The minimum Gasteiger partial charge on any atom is -0.508 e. The fourth-order valence-electron chi connectivity index (χ4n) is 3.29. The van der Waals surface area contributed by atoms with E-state index in [0.29, 0.717) is 18.2 Å². The molecule has 0 radical (unpaired) electrons. The first-order valence-corrected chi connectivity index (χ1v) is 9.38. The summed E-state index contributed by atoms with van der Waals surface area (Å²) in [7, 11) is 0. The van der Waals surface area contributed by atoms with Crippen molar-refractivity contribution >= 4 is 27.5 Å². The van der Waals surface area contributed by atoms with E-state index in [2.05, 4.69) is 26.1 Å². The molecule has 2 N–H and O–H groups in total. The zero-order valence-electron chi connectivity index (χ0n) is 14.3. The van der Waals surface area contributed by atoms with Crippen LogP contribution in [0.4, 0.5) is 5.69 Å². The molecule has 1 heterocycles. The molecule has 132 valence electrons. The predicted molar refractivity (Wildman–Crippen MR) is 104 cm³/mol. The quantitative estimate of drug-likeness (QED) is 0.801. The van der Waals surface area contributed by atoms with Crippen LogP contribution < -0.4 is 5.32 Å². The second-order valence-corrected chi connectivity index (χ2v) is 7.53. The maximum absolute atomic E-state index is 12.3. The highest BCUT2D eigenvalue weighted by Gasteiger charge is 2.22. The smallest absolute Gasteiger partial charge is 0.238 e. The largest absolute Gasteiger partial charge is 0.508 e. The number of hydrogen-bond acceptors (Lipinski definition) is 3. The van der Waals surface area contributed by atoms with Gasteiger partial charge in [-0.05, 0) is 90.1 Å². The number of anilines is 1. The first-order chi connectivity index (χ1) is 12.0. The summed E-state index contributed by atoms with van der Waals surface area (Å²) in [5.41, 5.74) is 3.24. The maximum Gasteiger partial charge on any atom is 0.238 e. The fraction of sp³-hybridized carbons (Fsp3) is 0.350. The molecule has 3 rings (SSSR count). The molecule has 4 nitrogen and oxygen atoms in total. The number of carbonyl (C=O) groups excluding carboxylic acids is 1. The van der Waals surface area contributed by atoms with Crippen LogP contribution in [0.5, 0.6) is 5.75 Å². The Balaban J connectivity index is 1.50. The van der Waals surface area contributed by atoms with Crippen LogP contribution in [-0.4, -0.2) is 35.5 Å². The number of nitrogens with zero attached hydrogens (tertiary/aromatic N) is 1. The van der Waals surface area contributed by atoms with Crippen molar-refractivity contribution in [2.45, 2.75) is 25.7 Å². The highest BCUT2D eigenvalue weighted by molar-refractivity contribution is 9.10. The lowest BCUT2D eigenvalue weighted by atomic mass is 9.89. The third kappa shape index (κ3) is 4.83. The number of piperidine rings is 1. The molecule has 2 aromatic carbocycles. The topological polar surface area (TPSA) is 52.6 Å². The standard InChI is InChI=1S/C20H23BrN2O2/c1-14-2-7-19(18(21)12-14)22-20(25)13-23-10-8-16(9-11-23)15-3-5-17(24)6-4-15/h2-7,12,16,24H,8-11,13H2,1H3,(H,22,25). The minimum absolute atomic E-state index is 0.0210. The number of carbonyl (C=O) groups is 1. The van der Waals surface area contributed by atoms with Gasteiger partial charge in [-0.2, -0.15) is 0 Å². The Kier molecular flexibility index (Phi) is 5.76. The number of nitrogens with one attached hydrogen (secondary N) is 1. The van der Waals surface area contributed by atoms with Gasteiger partial charge in [0, 0.05) is 4.47 Å². The molecule has 0 bridgehead atoms. The Bertz CT molecular complexity index is 738. The third-order valence-corrected chi connectivity index (χ3v) is 5.37. The highest BCUT2D eigenvalue weighted by Crippen LogP contribution is 2.29. The number of amides is 1. The summed E-state index contributed by atoms with van der Waals surface area (Å²) in [6, 6.07) is 13.4. The molecule has 0 aromatic heterocycles. The van der Waals surface area contributed by atoms with E-state index in [4.69, 9.17) is 0 Å². The Hall–Kier alpha value is -1.85. The van der Waals surface area contributed by atoms with Crippen LogP contribution in [0.2, 0.25) is 0 Å². The van der Waals surface area contributed by atoms with Gasteiger partial charge in [0.15, 0.2) is 0 Å². The van der Waals surface area contributed by atoms with E-state index >= 15 is 0 Å². The maximum atomic E-state index is 12.3. The van der Waals surface area contributed by atoms with Crippen LogP contribution >= 0.6 is 15.9 Å². The summed E-state index contributed by atoms with van der Waals surface area (Å²) in [6.07, 6.45) is 2.07. The second kappa shape index (κ2) is 8.02. The van der Waals surface area contributed by atoms with Crippen molar-refractivity contribution in [2.24, 2.45) is 0 Å². The number of halogens is 1. The van der Waals surface area contributed by atoms with E-state index in [1.165, 1.54) is 5.56 Å². The highest BCUT2D eigenvalue weighted by atomic mass is 79.9. The number of benzene rings is 2. The van der Waals surface area contributed by atoms with Gasteiger partial charge in [0.2, 0.25) is 5.91 Å². The summed E-state index contributed by atoms with van der Waals surface area (Å²) in [5.74, 6) is 0.832. The summed E-state index contributed by atoms with van der Waals surface area (Å²) in [4.78, 5) is 14.5.